The van der Waals surface area contributed by atoms with Gasteiger partial charge in [0.15, 0.2) is 0 Å². The molecule has 136 valence electrons. The summed E-state index contributed by atoms with van der Waals surface area (Å²) in [7, 11) is 1.99. The number of aliphatic imine (C=N–C) groups is 1. The summed E-state index contributed by atoms with van der Waals surface area (Å²) in [6.45, 7) is 2.73. The number of amides is 1. The lowest BCUT2D eigenvalue weighted by Gasteiger charge is -2.31. The maximum absolute atomic E-state index is 14.2. The number of benzene rings is 2. The molecule has 0 atom stereocenters. The average molecular weight is 359 g/mol. The summed E-state index contributed by atoms with van der Waals surface area (Å²) in [5.41, 5.74) is 0.755. The first kappa shape index (κ1) is 18.0. The first-order valence-corrected chi connectivity index (χ1v) is 8.26. The summed E-state index contributed by atoms with van der Waals surface area (Å²) in [6.07, 6.45) is 0.861. The number of carbonyl (C=O) groups excluding carboxylic acids is 1. The molecule has 1 aliphatic rings. The zero-order chi connectivity index (χ0) is 18.5. The minimum absolute atomic E-state index is 0.144. The molecule has 0 unspecified atom stereocenters. The molecule has 0 saturated carbocycles. The molecule has 1 heterocycles. The maximum atomic E-state index is 14.2. The van der Waals surface area contributed by atoms with Crippen molar-refractivity contribution in [1.29, 1.82) is 0 Å². The van der Waals surface area contributed by atoms with Gasteiger partial charge in [0.1, 0.15) is 17.4 Å². The summed E-state index contributed by atoms with van der Waals surface area (Å²) in [6, 6.07) is 9.71. The van der Waals surface area contributed by atoms with Crippen molar-refractivity contribution >= 4 is 18.0 Å². The summed E-state index contributed by atoms with van der Waals surface area (Å²) in [4.78, 5) is 19.9. The van der Waals surface area contributed by atoms with Crippen LogP contribution in [0.25, 0.3) is 0 Å². The van der Waals surface area contributed by atoms with Gasteiger partial charge in [0.05, 0.1) is 5.69 Å². The van der Waals surface area contributed by atoms with E-state index in [9.17, 15) is 13.6 Å². The third kappa shape index (κ3) is 4.64. The Hall–Kier alpha value is -2.80. The highest BCUT2D eigenvalue weighted by atomic mass is 19.1. The smallest absolute Gasteiger partial charge is 0.410 e. The second-order valence-electron chi connectivity index (χ2n) is 6.08. The van der Waals surface area contributed by atoms with Crippen LogP contribution in [0.2, 0.25) is 0 Å². The van der Waals surface area contributed by atoms with E-state index in [4.69, 9.17) is 4.74 Å². The first-order chi connectivity index (χ1) is 12.5. The fourth-order valence-electron chi connectivity index (χ4n) is 2.50. The minimum Gasteiger partial charge on any atom is -0.410 e. The molecule has 5 nitrogen and oxygen atoms in total. The number of likely N-dealkylation sites (N-methyl/N-ethyl adjacent to an activating group) is 1. The Bertz CT molecular complexity index is 801. The van der Waals surface area contributed by atoms with E-state index >= 15 is 0 Å². The van der Waals surface area contributed by atoms with Gasteiger partial charge in [-0.1, -0.05) is 0 Å². The van der Waals surface area contributed by atoms with Crippen LogP contribution in [0, 0.1) is 11.6 Å². The standard InChI is InChI=1S/C19H19F2N3O2/c1-23-8-10-24(11-9-23)19(25)26-17-7-2-14(18(21)12-17)13-22-16-5-3-15(20)4-6-16/h2-7,12-13H,8-11H2,1H3/b22-13+. The Labute approximate surface area is 150 Å². The van der Waals surface area contributed by atoms with E-state index in [0.717, 1.165) is 19.2 Å². The Morgan fingerprint density at radius 2 is 1.77 bits per heavy atom. The van der Waals surface area contributed by atoms with Crippen LogP contribution in [0.1, 0.15) is 5.56 Å². The van der Waals surface area contributed by atoms with Crippen molar-refractivity contribution in [3.63, 3.8) is 0 Å². The number of hydrogen-bond acceptors (Lipinski definition) is 4. The van der Waals surface area contributed by atoms with Crippen LogP contribution in [0.4, 0.5) is 19.3 Å². The molecule has 7 heteroatoms. The molecule has 3 rings (SSSR count). The topological polar surface area (TPSA) is 45.1 Å². The van der Waals surface area contributed by atoms with Gasteiger partial charge >= 0.3 is 6.09 Å². The van der Waals surface area contributed by atoms with Gasteiger partial charge in [-0.05, 0) is 43.4 Å². The monoisotopic (exact) mass is 359 g/mol. The van der Waals surface area contributed by atoms with E-state index in [2.05, 4.69) is 9.89 Å². The zero-order valence-electron chi connectivity index (χ0n) is 14.4. The Kier molecular flexibility index (Phi) is 5.58. The summed E-state index contributed by atoms with van der Waals surface area (Å²) in [5.74, 6) is -0.772. The van der Waals surface area contributed by atoms with E-state index in [1.807, 2.05) is 7.05 Å². The van der Waals surface area contributed by atoms with Crippen molar-refractivity contribution in [2.24, 2.45) is 4.99 Å². The molecule has 0 radical (unpaired) electrons. The second-order valence-corrected chi connectivity index (χ2v) is 6.08. The van der Waals surface area contributed by atoms with Gasteiger partial charge in [-0.3, -0.25) is 4.99 Å². The minimum atomic E-state index is -0.556. The van der Waals surface area contributed by atoms with Crippen LogP contribution >= 0.6 is 0 Å². The van der Waals surface area contributed by atoms with Gasteiger partial charge in [0, 0.05) is 44.0 Å². The predicted molar refractivity (Wildman–Crippen MR) is 95.1 cm³/mol. The SMILES string of the molecule is CN1CCN(C(=O)Oc2ccc(/C=N/c3ccc(F)cc3)c(F)c2)CC1. The number of piperazine rings is 1. The maximum Gasteiger partial charge on any atom is 0.415 e. The quantitative estimate of drug-likeness (QED) is 0.789. The lowest BCUT2D eigenvalue weighted by atomic mass is 10.2. The van der Waals surface area contributed by atoms with Crippen molar-refractivity contribution < 1.29 is 18.3 Å². The Balaban J connectivity index is 1.63. The Morgan fingerprint density at radius 1 is 1.08 bits per heavy atom. The molecule has 0 bridgehead atoms. The van der Waals surface area contributed by atoms with E-state index in [0.29, 0.717) is 18.8 Å². The summed E-state index contributed by atoms with van der Waals surface area (Å²) in [5, 5.41) is 0. The predicted octanol–water partition coefficient (Wildman–Crippen LogP) is 3.46. The lowest BCUT2D eigenvalue weighted by molar-refractivity contribution is 0.120. The van der Waals surface area contributed by atoms with Crippen LogP contribution in [-0.4, -0.2) is 55.3 Å². The van der Waals surface area contributed by atoms with Gasteiger partial charge in [-0.2, -0.15) is 0 Å². The number of halogens is 2. The zero-order valence-corrected chi connectivity index (χ0v) is 14.4. The van der Waals surface area contributed by atoms with Crippen molar-refractivity contribution in [3.05, 3.63) is 59.7 Å². The summed E-state index contributed by atoms with van der Waals surface area (Å²) >= 11 is 0. The lowest BCUT2D eigenvalue weighted by Crippen LogP contribution is -2.48. The number of carbonyl (C=O) groups is 1. The highest BCUT2D eigenvalue weighted by Gasteiger charge is 2.20. The molecule has 1 amide bonds. The highest BCUT2D eigenvalue weighted by Crippen LogP contribution is 2.18. The van der Waals surface area contributed by atoms with E-state index in [1.54, 1.807) is 4.90 Å². The van der Waals surface area contributed by atoms with Gasteiger partial charge in [-0.15, -0.1) is 0 Å². The van der Waals surface area contributed by atoms with Gasteiger partial charge in [0.25, 0.3) is 0 Å². The molecule has 0 aliphatic carbocycles. The number of rotatable bonds is 3. The van der Waals surface area contributed by atoms with E-state index < -0.39 is 11.9 Å². The molecule has 26 heavy (non-hydrogen) atoms. The normalized spacial score (nSPS) is 15.4. The fourth-order valence-corrected chi connectivity index (χ4v) is 2.50. The summed E-state index contributed by atoms with van der Waals surface area (Å²) < 4.78 is 32.3. The molecule has 2 aromatic carbocycles. The number of ether oxygens (including phenoxy) is 1. The molecule has 1 fully saturated rings. The third-order valence-corrected chi connectivity index (χ3v) is 4.12. The highest BCUT2D eigenvalue weighted by molar-refractivity contribution is 5.82. The van der Waals surface area contributed by atoms with Crippen molar-refractivity contribution in [2.75, 3.05) is 33.2 Å². The molecule has 1 saturated heterocycles. The van der Waals surface area contributed by atoms with Crippen LogP contribution in [0.3, 0.4) is 0 Å². The Morgan fingerprint density at radius 3 is 2.42 bits per heavy atom. The van der Waals surface area contributed by atoms with Gasteiger partial charge < -0.3 is 14.5 Å². The largest absolute Gasteiger partial charge is 0.415 e. The second kappa shape index (κ2) is 8.05. The van der Waals surface area contributed by atoms with Gasteiger partial charge in [0.2, 0.25) is 0 Å². The van der Waals surface area contributed by atoms with Crippen molar-refractivity contribution in [2.45, 2.75) is 0 Å². The van der Waals surface area contributed by atoms with E-state index in [-0.39, 0.29) is 17.1 Å². The van der Waals surface area contributed by atoms with Crippen LogP contribution in [0.15, 0.2) is 47.5 Å². The molecule has 0 N–H and O–H groups in total. The van der Waals surface area contributed by atoms with Crippen molar-refractivity contribution in [1.82, 2.24) is 9.80 Å². The van der Waals surface area contributed by atoms with Crippen LogP contribution < -0.4 is 4.74 Å². The molecule has 2 aromatic rings. The number of hydrogen-bond donors (Lipinski definition) is 0. The van der Waals surface area contributed by atoms with Crippen LogP contribution in [-0.2, 0) is 0 Å². The first-order valence-electron chi connectivity index (χ1n) is 8.26. The molecular formula is C19H19F2N3O2. The van der Waals surface area contributed by atoms with Crippen molar-refractivity contribution in [3.8, 4) is 5.75 Å². The van der Waals surface area contributed by atoms with Crippen LogP contribution in [0.5, 0.6) is 5.75 Å². The molecule has 0 spiro atoms. The molecule has 0 aromatic heterocycles. The molecular weight excluding hydrogens is 340 g/mol. The molecule has 1 aliphatic heterocycles. The van der Waals surface area contributed by atoms with Gasteiger partial charge in [-0.25, -0.2) is 13.6 Å². The third-order valence-electron chi connectivity index (χ3n) is 4.12. The number of nitrogens with zero attached hydrogens (tertiary/aromatic N) is 3. The average Bonchev–Trinajstić information content (AvgIpc) is 2.63. The van der Waals surface area contributed by atoms with E-state index in [1.165, 1.54) is 42.6 Å². The fraction of sp³-hybridized carbons (Fsp3) is 0.263.